The van der Waals surface area contributed by atoms with Crippen molar-refractivity contribution in [2.24, 2.45) is 5.92 Å². The summed E-state index contributed by atoms with van der Waals surface area (Å²) in [5.74, 6) is -1.07. The molecule has 0 fully saturated rings. The number of hydrogen-bond acceptors (Lipinski definition) is 5. The van der Waals surface area contributed by atoms with Crippen molar-refractivity contribution < 1.29 is 17.9 Å². The van der Waals surface area contributed by atoms with Crippen molar-refractivity contribution in [2.45, 2.75) is 11.8 Å². The maximum atomic E-state index is 12.4. The summed E-state index contributed by atoms with van der Waals surface area (Å²) < 4.78 is 30.9. The summed E-state index contributed by atoms with van der Waals surface area (Å²) in [6.07, 6.45) is 1.40. The maximum Gasteiger partial charge on any atom is 0.309 e. The minimum atomic E-state index is -3.83. The highest BCUT2D eigenvalue weighted by atomic mass is 79.9. The van der Waals surface area contributed by atoms with E-state index >= 15 is 0 Å². The van der Waals surface area contributed by atoms with Crippen LogP contribution in [0.15, 0.2) is 21.6 Å². The molecule has 0 N–H and O–H groups in total. The maximum absolute atomic E-state index is 12.4. The highest BCUT2D eigenvalue weighted by Gasteiger charge is 2.28. The highest BCUT2D eigenvalue weighted by molar-refractivity contribution is 9.10. The van der Waals surface area contributed by atoms with Gasteiger partial charge in [0, 0.05) is 24.3 Å². The monoisotopic (exact) mass is 384 g/mol. The Morgan fingerprint density at radius 2 is 2.20 bits per heavy atom. The SMILES string of the molecule is COC(=O)C(C)CN(C)S(=O)(=O)c1cc(Br)cnc1Cl. The van der Waals surface area contributed by atoms with Crippen molar-refractivity contribution in [3.63, 3.8) is 0 Å². The number of esters is 1. The number of halogens is 2. The molecule has 1 unspecified atom stereocenters. The fraction of sp³-hybridized carbons (Fsp3) is 0.455. The van der Waals surface area contributed by atoms with Gasteiger partial charge in [-0.15, -0.1) is 0 Å². The molecule has 0 aromatic carbocycles. The first-order valence-electron chi connectivity index (χ1n) is 5.55. The van der Waals surface area contributed by atoms with Crippen LogP contribution in [0.25, 0.3) is 0 Å². The number of aromatic nitrogens is 1. The first-order valence-corrected chi connectivity index (χ1v) is 8.16. The molecule has 0 spiro atoms. The van der Waals surface area contributed by atoms with Crippen molar-refractivity contribution in [1.29, 1.82) is 0 Å². The van der Waals surface area contributed by atoms with Crippen molar-refractivity contribution in [3.8, 4) is 0 Å². The molecule has 0 aliphatic carbocycles. The van der Waals surface area contributed by atoms with Crippen LogP contribution in [0.2, 0.25) is 5.15 Å². The van der Waals surface area contributed by atoms with E-state index in [2.05, 4.69) is 25.7 Å². The molecule has 112 valence electrons. The number of carbonyl (C=O) groups is 1. The van der Waals surface area contributed by atoms with Gasteiger partial charge in [0.2, 0.25) is 10.0 Å². The molecule has 0 aliphatic rings. The van der Waals surface area contributed by atoms with Gasteiger partial charge in [-0.1, -0.05) is 18.5 Å². The van der Waals surface area contributed by atoms with E-state index in [0.29, 0.717) is 4.47 Å². The molecule has 0 saturated carbocycles. The molecule has 0 aliphatic heterocycles. The number of pyridine rings is 1. The molecule has 0 radical (unpaired) electrons. The lowest BCUT2D eigenvalue weighted by Crippen LogP contribution is -2.34. The Labute approximate surface area is 131 Å². The molecule has 0 saturated heterocycles. The molecule has 1 atom stereocenters. The lowest BCUT2D eigenvalue weighted by molar-refractivity contribution is -0.144. The van der Waals surface area contributed by atoms with E-state index in [1.165, 1.54) is 26.4 Å². The number of sulfonamides is 1. The van der Waals surface area contributed by atoms with Crippen molar-refractivity contribution in [2.75, 3.05) is 20.7 Å². The summed E-state index contributed by atoms with van der Waals surface area (Å²) in [6.45, 7) is 1.57. The number of hydrogen-bond donors (Lipinski definition) is 0. The van der Waals surface area contributed by atoms with E-state index < -0.39 is 21.9 Å². The fourth-order valence-corrected chi connectivity index (χ4v) is 3.69. The van der Waals surface area contributed by atoms with E-state index in [1.54, 1.807) is 6.92 Å². The highest BCUT2D eigenvalue weighted by Crippen LogP contribution is 2.25. The summed E-state index contributed by atoms with van der Waals surface area (Å²) in [7, 11) is -1.21. The average Bonchev–Trinajstić information content (AvgIpc) is 2.40. The van der Waals surface area contributed by atoms with Gasteiger partial charge in [-0.3, -0.25) is 4.79 Å². The molecule has 1 heterocycles. The third-order valence-corrected chi connectivity index (χ3v) is 5.28. The van der Waals surface area contributed by atoms with Gasteiger partial charge in [-0.25, -0.2) is 13.4 Å². The molecule has 1 aromatic heterocycles. The van der Waals surface area contributed by atoms with Crippen LogP contribution in [0.1, 0.15) is 6.92 Å². The van der Waals surface area contributed by atoms with Crippen LogP contribution in [-0.4, -0.2) is 44.4 Å². The van der Waals surface area contributed by atoms with Crippen LogP contribution < -0.4 is 0 Å². The summed E-state index contributed by atoms with van der Waals surface area (Å²) in [4.78, 5) is 15.0. The predicted octanol–water partition coefficient (Wildman–Crippen LogP) is 1.93. The molecule has 0 bridgehead atoms. The van der Waals surface area contributed by atoms with Crippen LogP contribution in [0, 0.1) is 5.92 Å². The minimum absolute atomic E-state index is 0.0160. The van der Waals surface area contributed by atoms with Gasteiger partial charge in [-0.05, 0) is 22.0 Å². The van der Waals surface area contributed by atoms with E-state index in [-0.39, 0.29) is 16.6 Å². The Bertz CT molecular complexity index is 608. The molecular weight excluding hydrogens is 372 g/mol. The van der Waals surface area contributed by atoms with Gasteiger partial charge in [0.05, 0.1) is 13.0 Å². The van der Waals surface area contributed by atoms with Gasteiger partial charge < -0.3 is 4.74 Å². The van der Waals surface area contributed by atoms with Crippen LogP contribution in [0.4, 0.5) is 0 Å². The third kappa shape index (κ3) is 3.91. The van der Waals surface area contributed by atoms with Gasteiger partial charge >= 0.3 is 5.97 Å². The molecular formula is C11H14BrClN2O4S. The Kier molecular flexibility index (Phi) is 5.93. The summed E-state index contributed by atoms with van der Waals surface area (Å²) in [5, 5.41) is -0.120. The Morgan fingerprint density at radius 1 is 1.60 bits per heavy atom. The minimum Gasteiger partial charge on any atom is -0.469 e. The smallest absolute Gasteiger partial charge is 0.309 e. The Morgan fingerprint density at radius 3 is 2.75 bits per heavy atom. The van der Waals surface area contributed by atoms with E-state index in [0.717, 1.165) is 4.31 Å². The van der Waals surface area contributed by atoms with Crippen LogP contribution >= 0.6 is 27.5 Å². The zero-order chi connectivity index (χ0) is 15.5. The summed E-state index contributed by atoms with van der Waals surface area (Å²) in [5.41, 5.74) is 0. The Hall–Kier alpha value is -0.700. The topological polar surface area (TPSA) is 76.6 Å². The van der Waals surface area contributed by atoms with Crippen LogP contribution in [-0.2, 0) is 19.6 Å². The normalized spacial score (nSPS) is 13.3. The quantitative estimate of drug-likeness (QED) is 0.572. The fourth-order valence-electron chi connectivity index (χ4n) is 1.51. The van der Waals surface area contributed by atoms with Crippen molar-refractivity contribution in [3.05, 3.63) is 21.9 Å². The second kappa shape index (κ2) is 6.84. The first-order chi connectivity index (χ1) is 9.20. The number of methoxy groups -OCH3 is 1. The number of nitrogens with zero attached hydrogens (tertiary/aromatic N) is 2. The number of carbonyl (C=O) groups excluding carboxylic acids is 1. The summed E-state index contributed by atoms with van der Waals surface area (Å²) in [6, 6.07) is 1.37. The molecule has 0 amide bonds. The Balaban J connectivity index is 3.04. The lowest BCUT2D eigenvalue weighted by atomic mass is 10.2. The second-order valence-electron chi connectivity index (χ2n) is 4.15. The van der Waals surface area contributed by atoms with Crippen molar-refractivity contribution >= 4 is 43.5 Å². The van der Waals surface area contributed by atoms with Gasteiger partial charge in [-0.2, -0.15) is 4.31 Å². The van der Waals surface area contributed by atoms with Crippen LogP contribution in [0.3, 0.4) is 0 Å². The average molecular weight is 386 g/mol. The lowest BCUT2D eigenvalue weighted by Gasteiger charge is -2.20. The zero-order valence-corrected chi connectivity index (χ0v) is 14.3. The second-order valence-corrected chi connectivity index (χ2v) is 7.44. The molecule has 6 nitrogen and oxygen atoms in total. The standard InChI is InChI=1S/C11H14BrClN2O4S/c1-7(11(16)19-3)6-15(2)20(17,18)9-4-8(12)5-14-10(9)13/h4-5,7H,6H2,1-3H3. The van der Waals surface area contributed by atoms with E-state index in [4.69, 9.17) is 11.6 Å². The van der Waals surface area contributed by atoms with Gasteiger partial charge in [0.1, 0.15) is 10.0 Å². The number of rotatable bonds is 5. The molecule has 1 rings (SSSR count). The van der Waals surface area contributed by atoms with Gasteiger partial charge in [0.25, 0.3) is 0 Å². The summed E-state index contributed by atoms with van der Waals surface area (Å²) >= 11 is 8.97. The molecule has 20 heavy (non-hydrogen) atoms. The first kappa shape index (κ1) is 17.4. The third-order valence-electron chi connectivity index (χ3n) is 2.60. The molecule has 1 aromatic rings. The largest absolute Gasteiger partial charge is 0.469 e. The van der Waals surface area contributed by atoms with E-state index in [1.807, 2.05) is 0 Å². The van der Waals surface area contributed by atoms with Crippen LogP contribution in [0.5, 0.6) is 0 Å². The predicted molar refractivity (Wildman–Crippen MR) is 77.9 cm³/mol. The zero-order valence-electron chi connectivity index (χ0n) is 11.1. The van der Waals surface area contributed by atoms with Crippen molar-refractivity contribution in [1.82, 2.24) is 9.29 Å². The molecule has 9 heteroatoms. The van der Waals surface area contributed by atoms with Gasteiger partial charge in [0.15, 0.2) is 0 Å². The van der Waals surface area contributed by atoms with E-state index in [9.17, 15) is 13.2 Å². The number of ether oxygens (including phenoxy) is 1.